The fraction of sp³-hybridized carbons (Fsp3) is 0.133. The predicted molar refractivity (Wildman–Crippen MR) is 82.4 cm³/mol. The molecule has 2 aromatic carbocycles. The molecule has 0 bridgehead atoms. The van der Waals surface area contributed by atoms with E-state index in [9.17, 15) is 9.18 Å². The zero-order valence-corrected chi connectivity index (χ0v) is 12.5. The minimum absolute atomic E-state index is 0.117. The van der Waals surface area contributed by atoms with Gasteiger partial charge in [-0.1, -0.05) is 28.1 Å². The summed E-state index contributed by atoms with van der Waals surface area (Å²) in [6, 6.07) is 11.6. The highest BCUT2D eigenvalue weighted by molar-refractivity contribution is 9.10. The maximum absolute atomic E-state index is 13.0. The van der Waals surface area contributed by atoms with Gasteiger partial charge in [0, 0.05) is 15.8 Å². The van der Waals surface area contributed by atoms with E-state index < -0.39 is 0 Å². The molecule has 3 nitrogen and oxygen atoms in total. The van der Waals surface area contributed by atoms with Crippen molar-refractivity contribution in [2.75, 3.05) is 17.2 Å². The molecule has 0 unspecified atom stereocenters. The van der Waals surface area contributed by atoms with Crippen LogP contribution >= 0.6 is 15.9 Å². The van der Waals surface area contributed by atoms with Crippen LogP contribution < -0.4 is 10.6 Å². The first-order valence-electron chi connectivity index (χ1n) is 6.10. The molecular formula is C15H14BrFN2O. The van der Waals surface area contributed by atoms with Crippen molar-refractivity contribution in [1.29, 1.82) is 0 Å². The van der Waals surface area contributed by atoms with E-state index in [4.69, 9.17) is 0 Å². The zero-order chi connectivity index (χ0) is 14.5. The minimum Gasteiger partial charge on any atom is -0.376 e. The number of aryl methyl sites for hydroxylation is 1. The van der Waals surface area contributed by atoms with Crippen LogP contribution in [0.3, 0.4) is 0 Å². The Morgan fingerprint density at radius 1 is 1.20 bits per heavy atom. The van der Waals surface area contributed by atoms with E-state index in [2.05, 4.69) is 26.6 Å². The topological polar surface area (TPSA) is 41.1 Å². The molecule has 2 rings (SSSR count). The highest BCUT2D eigenvalue weighted by atomic mass is 79.9. The maximum atomic E-state index is 13.0. The number of rotatable bonds is 4. The third kappa shape index (κ3) is 4.06. The third-order valence-corrected chi connectivity index (χ3v) is 3.59. The molecule has 0 atom stereocenters. The number of carbonyl (C=O) groups is 1. The van der Waals surface area contributed by atoms with Gasteiger partial charge in [0.1, 0.15) is 5.82 Å². The monoisotopic (exact) mass is 336 g/mol. The van der Waals surface area contributed by atoms with E-state index in [1.807, 2.05) is 25.1 Å². The lowest BCUT2D eigenvalue weighted by atomic mass is 10.2. The second kappa shape index (κ2) is 6.52. The first-order valence-corrected chi connectivity index (χ1v) is 6.89. The van der Waals surface area contributed by atoms with E-state index in [0.29, 0.717) is 5.69 Å². The van der Waals surface area contributed by atoms with Crippen LogP contribution in [-0.4, -0.2) is 12.5 Å². The Morgan fingerprint density at radius 3 is 2.70 bits per heavy atom. The van der Waals surface area contributed by atoms with Gasteiger partial charge < -0.3 is 10.6 Å². The first kappa shape index (κ1) is 14.5. The van der Waals surface area contributed by atoms with Crippen LogP contribution in [0.15, 0.2) is 46.9 Å². The van der Waals surface area contributed by atoms with Crippen molar-refractivity contribution >= 4 is 33.2 Å². The predicted octanol–water partition coefficient (Wildman–Crippen LogP) is 3.95. The largest absolute Gasteiger partial charge is 0.376 e. The van der Waals surface area contributed by atoms with Crippen molar-refractivity contribution in [1.82, 2.24) is 0 Å². The number of amides is 1. The summed E-state index contributed by atoms with van der Waals surface area (Å²) in [7, 11) is 0. The molecule has 0 aromatic heterocycles. The molecule has 104 valence electrons. The molecule has 0 aliphatic carbocycles. The molecule has 0 saturated heterocycles. The van der Waals surface area contributed by atoms with E-state index >= 15 is 0 Å². The Hall–Kier alpha value is -1.88. The number of hydrogen-bond donors (Lipinski definition) is 2. The van der Waals surface area contributed by atoms with Crippen LogP contribution in [-0.2, 0) is 4.79 Å². The molecule has 0 fully saturated rings. The second-order valence-electron chi connectivity index (χ2n) is 4.38. The van der Waals surface area contributed by atoms with Gasteiger partial charge in [0.05, 0.1) is 6.54 Å². The number of nitrogens with one attached hydrogen (secondary N) is 2. The van der Waals surface area contributed by atoms with Gasteiger partial charge in [0.15, 0.2) is 0 Å². The Morgan fingerprint density at radius 2 is 2.00 bits per heavy atom. The van der Waals surface area contributed by atoms with Gasteiger partial charge in [0.25, 0.3) is 0 Å². The normalized spacial score (nSPS) is 10.2. The van der Waals surface area contributed by atoms with Crippen molar-refractivity contribution in [3.63, 3.8) is 0 Å². The summed E-state index contributed by atoms with van der Waals surface area (Å²) < 4.78 is 14.0. The number of hydrogen-bond acceptors (Lipinski definition) is 2. The van der Waals surface area contributed by atoms with Crippen LogP contribution in [0.4, 0.5) is 15.8 Å². The minimum atomic E-state index is -0.377. The van der Waals surface area contributed by atoms with Crippen molar-refractivity contribution < 1.29 is 9.18 Å². The average molecular weight is 337 g/mol. The Labute approximate surface area is 125 Å². The second-order valence-corrected chi connectivity index (χ2v) is 5.23. The Bertz CT molecular complexity index is 631. The molecule has 1 amide bonds. The smallest absolute Gasteiger partial charge is 0.243 e. The zero-order valence-electron chi connectivity index (χ0n) is 10.9. The van der Waals surface area contributed by atoms with Gasteiger partial charge in [0.2, 0.25) is 5.91 Å². The summed E-state index contributed by atoms with van der Waals surface area (Å²) in [6.45, 7) is 2.11. The Balaban J connectivity index is 1.90. The summed E-state index contributed by atoms with van der Waals surface area (Å²) >= 11 is 3.43. The summed E-state index contributed by atoms with van der Waals surface area (Å²) in [6.07, 6.45) is 0. The van der Waals surface area contributed by atoms with Crippen molar-refractivity contribution in [2.45, 2.75) is 6.92 Å². The number of anilines is 2. The van der Waals surface area contributed by atoms with Crippen molar-refractivity contribution in [3.8, 4) is 0 Å². The van der Waals surface area contributed by atoms with Crippen molar-refractivity contribution in [2.24, 2.45) is 0 Å². The Kier molecular flexibility index (Phi) is 4.74. The quantitative estimate of drug-likeness (QED) is 0.887. The SMILES string of the molecule is Cc1ccc(NCC(=O)Nc2cccc(F)c2)cc1Br. The van der Waals surface area contributed by atoms with Crippen LogP contribution in [0.1, 0.15) is 5.56 Å². The highest BCUT2D eigenvalue weighted by Crippen LogP contribution is 2.20. The van der Waals surface area contributed by atoms with Gasteiger partial charge in [-0.2, -0.15) is 0 Å². The molecule has 20 heavy (non-hydrogen) atoms. The van der Waals surface area contributed by atoms with Crippen LogP contribution in [0, 0.1) is 12.7 Å². The third-order valence-electron chi connectivity index (χ3n) is 2.73. The lowest BCUT2D eigenvalue weighted by molar-refractivity contribution is -0.114. The van der Waals surface area contributed by atoms with Gasteiger partial charge in [-0.3, -0.25) is 4.79 Å². The molecular weight excluding hydrogens is 323 g/mol. The van der Waals surface area contributed by atoms with Gasteiger partial charge in [-0.15, -0.1) is 0 Å². The lowest BCUT2D eigenvalue weighted by Crippen LogP contribution is -2.21. The summed E-state index contributed by atoms with van der Waals surface area (Å²) in [4.78, 5) is 11.7. The number of benzene rings is 2. The molecule has 0 aliphatic rings. The maximum Gasteiger partial charge on any atom is 0.243 e. The standard InChI is InChI=1S/C15H14BrFN2O/c1-10-5-6-12(8-14(10)16)18-9-15(20)19-13-4-2-3-11(17)7-13/h2-8,18H,9H2,1H3,(H,19,20). The van der Waals surface area contributed by atoms with Gasteiger partial charge in [-0.25, -0.2) is 4.39 Å². The molecule has 0 saturated carbocycles. The average Bonchev–Trinajstić information content (AvgIpc) is 2.40. The molecule has 2 aromatic rings. The fourth-order valence-electron chi connectivity index (χ4n) is 1.66. The van der Waals surface area contributed by atoms with E-state index in [0.717, 1.165) is 15.7 Å². The van der Waals surface area contributed by atoms with Gasteiger partial charge in [-0.05, 0) is 42.8 Å². The summed E-state index contributed by atoms with van der Waals surface area (Å²) in [5.74, 6) is -0.606. The molecule has 0 heterocycles. The molecule has 0 spiro atoms. The van der Waals surface area contributed by atoms with Crippen LogP contribution in [0.25, 0.3) is 0 Å². The lowest BCUT2D eigenvalue weighted by Gasteiger charge is -2.09. The summed E-state index contributed by atoms with van der Waals surface area (Å²) in [5, 5.41) is 5.64. The van der Waals surface area contributed by atoms with E-state index in [-0.39, 0.29) is 18.3 Å². The van der Waals surface area contributed by atoms with Crippen molar-refractivity contribution in [3.05, 3.63) is 58.3 Å². The van der Waals surface area contributed by atoms with E-state index in [1.165, 1.54) is 12.1 Å². The molecule has 0 aliphatic heterocycles. The fourth-order valence-corrected chi connectivity index (χ4v) is 2.04. The molecule has 2 N–H and O–H groups in total. The first-order chi connectivity index (χ1) is 9.54. The van der Waals surface area contributed by atoms with Crippen LogP contribution in [0.5, 0.6) is 0 Å². The molecule has 0 radical (unpaired) electrons. The highest BCUT2D eigenvalue weighted by Gasteiger charge is 2.04. The number of carbonyl (C=O) groups excluding carboxylic acids is 1. The summed E-state index contributed by atoms with van der Waals surface area (Å²) in [5.41, 5.74) is 2.42. The van der Waals surface area contributed by atoms with E-state index in [1.54, 1.807) is 12.1 Å². The van der Waals surface area contributed by atoms with Gasteiger partial charge >= 0.3 is 0 Å². The molecule has 5 heteroatoms. The number of halogens is 2. The van der Waals surface area contributed by atoms with Crippen LogP contribution in [0.2, 0.25) is 0 Å².